The number of nitrogens with zero attached hydrogens (tertiary/aromatic N) is 1. The number of benzene rings is 1. The lowest BCUT2D eigenvalue weighted by molar-refractivity contribution is -0.122. The van der Waals surface area contributed by atoms with Gasteiger partial charge in [0, 0.05) is 26.0 Å². The molecule has 0 saturated heterocycles. The zero-order chi connectivity index (χ0) is 18.3. The number of rotatable bonds is 8. The molecule has 0 bridgehead atoms. The second kappa shape index (κ2) is 8.41. The molecule has 8 nitrogen and oxygen atoms in total. The standard InChI is InChI=1S/C17H21N3O5/c1-23-11-17(25-3)10-15(24-2)19-16(20-17)13(21)9-14(22)18-12-7-5-4-6-8-12/h4-8,10H,9,11H2,1-3H3,(H,18,22)(H,19,20). The molecule has 2 rings (SSSR count). The highest BCUT2D eigenvalue weighted by Gasteiger charge is 2.34. The molecule has 1 aliphatic rings. The minimum Gasteiger partial charge on any atom is -0.482 e. The summed E-state index contributed by atoms with van der Waals surface area (Å²) in [6.45, 7) is 0.0883. The van der Waals surface area contributed by atoms with Crippen LogP contribution in [0.3, 0.4) is 0 Å². The first-order valence-electron chi connectivity index (χ1n) is 7.58. The van der Waals surface area contributed by atoms with Crippen molar-refractivity contribution in [2.75, 3.05) is 33.3 Å². The van der Waals surface area contributed by atoms with Gasteiger partial charge in [-0.1, -0.05) is 18.2 Å². The number of para-hydroxylation sites is 1. The first kappa shape index (κ1) is 18.6. The molecular weight excluding hydrogens is 326 g/mol. The van der Waals surface area contributed by atoms with E-state index in [1.54, 1.807) is 30.3 Å². The Morgan fingerprint density at radius 2 is 1.92 bits per heavy atom. The number of amides is 1. The normalized spacial score (nSPS) is 19.3. The Bertz CT molecular complexity index is 687. The van der Waals surface area contributed by atoms with E-state index in [-0.39, 0.29) is 18.9 Å². The fraction of sp³-hybridized carbons (Fsp3) is 0.353. The molecule has 1 aromatic carbocycles. The maximum atomic E-state index is 12.4. The maximum Gasteiger partial charge on any atom is 0.232 e. The summed E-state index contributed by atoms with van der Waals surface area (Å²) in [7, 11) is 4.39. The van der Waals surface area contributed by atoms with Crippen molar-refractivity contribution in [3.63, 3.8) is 0 Å². The third kappa shape index (κ3) is 4.88. The number of aliphatic imine (C=N–C) groups is 1. The van der Waals surface area contributed by atoms with Gasteiger partial charge in [-0.25, -0.2) is 4.99 Å². The van der Waals surface area contributed by atoms with E-state index in [1.807, 2.05) is 6.07 Å². The summed E-state index contributed by atoms with van der Waals surface area (Å²) in [5, 5.41) is 5.40. The Morgan fingerprint density at radius 3 is 2.52 bits per heavy atom. The fourth-order valence-electron chi connectivity index (χ4n) is 2.25. The van der Waals surface area contributed by atoms with Gasteiger partial charge in [0.25, 0.3) is 0 Å². The average molecular weight is 347 g/mol. The van der Waals surface area contributed by atoms with Crippen LogP contribution in [-0.2, 0) is 23.8 Å². The van der Waals surface area contributed by atoms with Crippen molar-refractivity contribution in [1.82, 2.24) is 5.32 Å². The predicted octanol–water partition coefficient (Wildman–Crippen LogP) is 1.06. The molecule has 1 aromatic rings. The van der Waals surface area contributed by atoms with E-state index in [0.29, 0.717) is 11.6 Å². The second-order valence-corrected chi connectivity index (χ2v) is 5.29. The van der Waals surface area contributed by atoms with Gasteiger partial charge in [0.1, 0.15) is 6.61 Å². The van der Waals surface area contributed by atoms with Gasteiger partial charge in [0.15, 0.2) is 11.7 Å². The van der Waals surface area contributed by atoms with Crippen LogP contribution < -0.4 is 10.6 Å². The van der Waals surface area contributed by atoms with Crippen molar-refractivity contribution >= 4 is 23.2 Å². The van der Waals surface area contributed by atoms with Crippen LogP contribution in [0.5, 0.6) is 0 Å². The van der Waals surface area contributed by atoms with Crippen molar-refractivity contribution in [1.29, 1.82) is 0 Å². The molecule has 0 aromatic heterocycles. The topological polar surface area (TPSA) is 98.2 Å². The summed E-state index contributed by atoms with van der Waals surface area (Å²) in [6, 6.07) is 8.88. The van der Waals surface area contributed by atoms with Crippen LogP contribution in [0.2, 0.25) is 0 Å². The van der Waals surface area contributed by atoms with Crippen molar-refractivity contribution in [2.24, 2.45) is 4.99 Å². The molecular formula is C17H21N3O5. The van der Waals surface area contributed by atoms with Gasteiger partial charge in [-0.15, -0.1) is 0 Å². The van der Waals surface area contributed by atoms with Gasteiger partial charge in [0.2, 0.25) is 17.4 Å². The number of nitrogens with one attached hydrogen (secondary N) is 2. The molecule has 1 atom stereocenters. The van der Waals surface area contributed by atoms with Crippen molar-refractivity contribution < 1.29 is 23.8 Å². The molecule has 1 unspecified atom stereocenters. The number of anilines is 1. The number of hydrogen-bond acceptors (Lipinski definition) is 7. The number of carbonyl (C=O) groups excluding carboxylic acids is 2. The largest absolute Gasteiger partial charge is 0.482 e. The summed E-state index contributed by atoms with van der Waals surface area (Å²) >= 11 is 0. The second-order valence-electron chi connectivity index (χ2n) is 5.29. The summed E-state index contributed by atoms with van der Waals surface area (Å²) in [4.78, 5) is 28.7. The lowest BCUT2D eigenvalue weighted by Crippen LogP contribution is -2.45. The maximum absolute atomic E-state index is 12.4. The van der Waals surface area contributed by atoms with Crippen LogP contribution in [0.4, 0.5) is 5.69 Å². The summed E-state index contributed by atoms with van der Waals surface area (Å²) in [6.07, 6.45) is 1.20. The highest BCUT2D eigenvalue weighted by atomic mass is 16.5. The molecule has 0 aliphatic carbocycles. The van der Waals surface area contributed by atoms with Gasteiger partial charge in [-0.3, -0.25) is 9.59 Å². The van der Waals surface area contributed by atoms with Crippen LogP contribution in [0.25, 0.3) is 0 Å². The molecule has 25 heavy (non-hydrogen) atoms. The van der Waals surface area contributed by atoms with Gasteiger partial charge >= 0.3 is 0 Å². The van der Waals surface area contributed by atoms with Crippen LogP contribution in [0.1, 0.15) is 6.42 Å². The predicted molar refractivity (Wildman–Crippen MR) is 92.0 cm³/mol. The van der Waals surface area contributed by atoms with Gasteiger partial charge in [0.05, 0.1) is 13.5 Å². The number of Topliss-reactive ketones (excluding diaryl/α,β-unsaturated/α-hetero) is 1. The van der Waals surface area contributed by atoms with Crippen LogP contribution in [0, 0.1) is 0 Å². The SMILES string of the molecule is COCC1(OC)C=C(OC)NC(C(=O)CC(=O)Nc2ccccc2)=N1. The molecule has 0 radical (unpaired) electrons. The Kier molecular flexibility index (Phi) is 6.26. The monoisotopic (exact) mass is 347 g/mol. The zero-order valence-electron chi connectivity index (χ0n) is 14.4. The summed E-state index contributed by atoms with van der Waals surface area (Å²) in [5.41, 5.74) is -0.575. The minimum atomic E-state index is -1.19. The summed E-state index contributed by atoms with van der Waals surface area (Å²) < 4.78 is 15.6. The molecule has 1 aliphatic heterocycles. The minimum absolute atomic E-state index is 0.0264. The third-order valence-corrected chi connectivity index (χ3v) is 3.47. The third-order valence-electron chi connectivity index (χ3n) is 3.47. The van der Waals surface area contributed by atoms with Crippen molar-refractivity contribution in [2.45, 2.75) is 12.1 Å². The number of carbonyl (C=O) groups is 2. The highest BCUT2D eigenvalue weighted by Crippen LogP contribution is 2.21. The highest BCUT2D eigenvalue weighted by molar-refractivity contribution is 6.42. The van der Waals surface area contributed by atoms with Crippen LogP contribution >= 0.6 is 0 Å². The number of ketones is 1. The van der Waals surface area contributed by atoms with Crippen LogP contribution in [-0.4, -0.2) is 51.2 Å². The van der Waals surface area contributed by atoms with E-state index < -0.39 is 17.4 Å². The smallest absolute Gasteiger partial charge is 0.232 e. The van der Waals surface area contributed by atoms with Gasteiger partial charge < -0.3 is 24.8 Å². The van der Waals surface area contributed by atoms with E-state index in [0.717, 1.165) is 0 Å². The number of ether oxygens (including phenoxy) is 3. The Labute approximate surface area is 145 Å². The Hall–Kier alpha value is -2.71. The number of methoxy groups -OCH3 is 3. The van der Waals surface area contributed by atoms with E-state index in [4.69, 9.17) is 14.2 Å². The van der Waals surface area contributed by atoms with E-state index >= 15 is 0 Å². The fourth-order valence-corrected chi connectivity index (χ4v) is 2.25. The lowest BCUT2D eigenvalue weighted by Gasteiger charge is -2.29. The molecule has 2 N–H and O–H groups in total. The first-order chi connectivity index (χ1) is 12.0. The average Bonchev–Trinajstić information content (AvgIpc) is 2.62. The van der Waals surface area contributed by atoms with Crippen molar-refractivity contribution in [3.8, 4) is 0 Å². The quantitative estimate of drug-likeness (QED) is 0.683. The molecule has 1 amide bonds. The van der Waals surface area contributed by atoms with Gasteiger partial charge in [-0.05, 0) is 12.1 Å². The number of hydrogen-bond donors (Lipinski definition) is 2. The molecule has 0 fully saturated rings. The van der Waals surface area contributed by atoms with Crippen molar-refractivity contribution in [3.05, 3.63) is 42.3 Å². The lowest BCUT2D eigenvalue weighted by atomic mass is 10.1. The van der Waals surface area contributed by atoms with Crippen LogP contribution in [0.15, 0.2) is 47.3 Å². The van der Waals surface area contributed by atoms with E-state index in [1.165, 1.54) is 21.3 Å². The molecule has 0 saturated carbocycles. The van der Waals surface area contributed by atoms with E-state index in [9.17, 15) is 9.59 Å². The Balaban J connectivity index is 2.10. The zero-order valence-corrected chi connectivity index (χ0v) is 14.4. The molecule has 134 valence electrons. The molecule has 0 spiro atoms. The molecule has 8 heteroatoms. The first-order valence-corrected chi connectivity index (χ1v) is 7.58. The number of amidine groups is 1. The van der Waals surface area contributed by atoms with E-state index in [2.05, 4.69) is 15.6 Å². The Morgan fingerprint density at radius 1 is 1.20 bits per heavy atom. The molecule has 1 heterocycles. The van der Waals surface area contributed by atoms with Gasteiger partial charge in [-0.2, -0.15) is 0 Å². The summed E-state index contributed by atoms with van der Waals surface area (Å²) in [5.74, 6) is -0.667.